The lowest BCUT2D eigenvalue weighted by Gasteiger charge is -2.54. The van der Waals surface area contributed by atoms with Gasteiger partial charge in [0, 0.05) is 58.0 Å². The van der Waals surface area contributed by atoms with E-state index < -0.39 is 65.3 Å². The highest BCUT2D eigenvalue weighted by molar-refractivity contribution is 5.95. The van der Waals surface area contributed by atoms with Crippen LogP contribution in [-0.2, 0) is 41.5 Å². The van der Waals surface area contributed by atoms with Gasteiger partial charge >= 0.3 is 18.2 Å². The fourth-order valence-corrected chi connectivity index (χ4v) is 8.12. The summed E-state index contributed by atoms with van der Waals surface area (Å²) in [5.41, 5.74) is -0.0679. The van der Waals surface area contributed by atoms with Crippen LogP contribution in [-0.4, -0.2) is 127 Å². The summed E-state index contributed by atoms with van der Waals surface area (Å²) in [6.45, 7) is 16.8. The molecule has 2 aliphatic rings. The van der Waals surface area contributed by atoms with Gasteiger partial charge in [-0.15, -0.1) is 0 Å². The Morgan fingerprint density at radius 1 is 0.621 bits per heavy atom. The number of nitrogens with zero attached hydrogens (tertiary/aromatic N) is 2. The van der Waals surface area contributed by atoms with Crippen molar-refractivity contribution in [2.24, 2.45) is 11.3 Å². The number of amides is 8. The molecule has 0 aromatic heterocycles. The number of carbonyl (C=O) groups excluding carboxylic acids is 7. The Morgan fingerprint density at radius 2 is 1.09 bits per heavy atom. The van der Waals surface area contributed by atoms with Gasteiger partial charge in [-0.1, -0.05) is 74.5 Å². The molecule has 2 aliphatic heterocycles. The summed E-state index contributed by atoms with van der Waals surface area (Å²) in [5.74, 6) is -2.08. The molecule has 17 heteroatoms. The van der Waals surface area contributed by atoms with Crippen LogP contribution in [0.2, 0.25) is 0 Å². The Morgan fingerprint density at radius 3 is 1.59 bits per heavy atom. The minimum atomic E-state index is -1.16. The van der Waals surface area contributed by atoms with Crippen molar-refractivity contribution in [3.8, 4) is 0 Å². The van der Waals surface area contributed by atoms with Gasteiger partial charge in [0.25, 0.3) is 0 Å². The van der Waals surface area contributed by atoms with Gasteiger partial charge in [0.2, 0.25) is 23.6 Å². The van der Waals surface area contributed by atoms with Crippen molar-refractivity contribution < 1.29 is 43.0 Å². The number of benzene rings is 2. The Kier molecular flexibility index (Phi) is 19.2. The molecule has 2 aromatic rings. The van der Waals surface area contributed by atoms with Crippen molar-refractivity contribution in [2.75, 3.05) is 39.8 Å². The Hall–Kier alpha value is -5.87. The summed E-state index contributed by atoms with van der Waals surface area (Å²) in [6.07, 6.45) is 1.87. The highest BCUT2D eigenvalue weighted by Crippen LogP contribution is 2.41. The summed E-state index contributed by atoms with van der Waals surface area (Å²) >= 11 is 0. The van der Waals surface area contributed by atoms with E-state index in [0.717, 1.165) is 24.0 Å². The minimum Gasteiger partial charge on any atom is -0.444 e. The quantitative estimate of drug-likeness (QED) is 0.106. The molecule has 0 bridgehead atoms. The molecule has 2 saturated heterocycles. The van der Waals surface area contributed by atoms with Gasteiger partial charge in [0.15, 0.2) is 0 Å². The van der Waals surface area contributed by atoms with Gasteiger partial charge in [-0.25, -0.2) is 14.4 Å². The average Bonchev–Trinajstić information content (AvgIpc) is 3.23. The van der Waals surface area contributed by atoms with Crippen molar-refractivity contribution in [1.29, 1.82) is 0 Å². The zero-order valence-corrected chi connectivity index (χ0v) is 40.4. The van der Waals surface area contributed by atoms with Crippen molar-refractivity contribution >= 4 is 41.8 Å². The van der Waals surface area contributed by atoms with Crippen LogP contribution in [0, 0.1) is 11.3 Å². The third kappa shape index (κ3) is 17.5. The summed E-state index contributed by atoms with van der Waals surface area (Å²) in [4.78, 5) is 98.2. The molecule has 4 unspecified atom stereocenters. The molecule has 8 amide bonds. The number of unbranched alkanes of at least 4 members (excludes halogenated alkanes) is 1. The van der Waals surface area contributed by atoms with Crippen LogP contribution in [0.3, 0.4) is 0 Å². The molecule has 4 rings (SSSR count). The van der Waals surface area contributed by atoms with E-state index in [2.05, 4.69) is 31.9 Å². The first-order chi connectivity index (χ1) is 31.0. The number of ether oxygens (including phenoxy) is 2. The number of hydrogen-bond acceptors (Lipinski definition) is 9. The Balaban J connectivity index is 1.52. The van der Waals surface area contributed by atoms with E-state index >= 15 is 0 Å². The molecule has 2 aromatic carbocycles. The highest BCUT2D eigenvalue weighted by atomic mass is 16.6. The number of rotatable bonds is 19. The fraction of sp³-hybridized carbons (Fsp3) is 0.612. The normalized spacial score (nSPS) is 16.4. The molecule has 2 heterocycles. The molecule has 17 nitrogen and oxygen atoms in total. The van der Waals surface area contributed by atoms with E-state index in [1.165, 1.54) is 0 Å². The van der Waals surface area contributed by atoms with Crippen LogP contribution in [0.25, 0.3) is 0 Å². The first-order valence-electron chi connectivity index (χ1n) is 23.3. The maximum Gasteiger partial charge on any atom is 0.408 e. The molecular weight excluding hydrogens is 845 g/mol. The van der Waals surface area contributed by atoms with Crippen molar-refractivity contribution in [3.05, 3.63) is 71.8 Å². The summed E-state index contributed by atoms with van der Waals surface area (Å²) < 4.78 is 10.8. The van der Waals surface area contributed by atoms with Gasteiger partial charge in [-0.3, -0.25) is 19.2 Å². The standard InChI is InChI=1S/C49H74N8O9/c1-33(2)28-37(53-41(59)38(29-34-18-12-10-13-19-34)54-42(60)39(30-35-20-14-11-15-21-35)55-46(64)66-48(6,7)8)40(58)52-36(22-16-17-25-51-45(63)65-47(3,4)5)43(61)57-31-49(32-57)23-26-56(27-24-49)44(62)50-9/h10-15,18-21,33,36-39H,16-17,22-32H2,1-9H3,(H,50,62)(H,51,63)(H,52,58)(H,53,59)(H,54,60)(H,55,64). The Labute approximate surface area is 390 Å². The summed E-state index contributed by atoms with van der Waals surface area (Å²) in [7, 11) is 1.60. The van der Waals surface area contributed by atoms with E-state index in [9.17, 15) is 33.6 Å². The number of hydrogen-bond donors (Lipinski definition) is 6. The lowest BCUT2D eigenvalue weighted by molar-refractivity contribution is -0.150. The first-order valence-corrected chi connectivity index (χ1v) is 23.3. The molecular formula is C49H74N8O9. The molecule has 66 heavy (non-hydrogen) atoms. The van der Waals surface area contributed by atoms with Crippen LogP contribution < -0.4 is 31.9 Å². The van der Waals surface area contributed by atoms with E-state index in [0.29, 0.717) is 45.6 Å². The molecule has 0 saturated carbocycles. The topological polar surface area (TPSA) is 217 Å². The SMILES string of the molecule is CNC(=O)N1CCC2(CC1)CN(C(=O)C(CCCCNC(=O)OC(C)(C)C)NC(=O)C(CC(C)C)NC(=O)C(Cc1ccccc1)NC(=O)C(Cc1ccccc1)NC(=O)OC(C)(C)C)C2. The summed E-state index contributed by atoms with van der Waals surface area (Å²) in [6, 6.07) is 13.9. The van der Waals surface area contributed by atoms with Crippen molar-refractivity contribution in [2.45, 2.75) is 142 Å². The zero-order chi connectivity index (χ0) is 48.7. The molecule has 364 valence electrons. The minimum absolute atomic E-state index is 0.0551. The van der Waals surface area contributed by atoms with Crippen molar-refractivity contribution in [1.82, 2.24) is 41.7 Å². The predicted molar refractivity (Wildman–Crippen MR) is 251 cm³/mol. The van der Waals surface area contributed by atoms with Gasteiger partial charge in [-0.05, 0) is 97.1 Å². The van der Waals surface area contributed by atoms with Gasteiger partial charge < -0.3 is 51.2 Å². The van der Waals surface area contributed by atoms with Gasteiger partial charge in [0.1, 0.15) is 35.4 Å². The lowest BCUT2D eigenvalue weighted by Crippen LogP contribution is -2.66. The third-order valence-electron chi connectivity index (χ3n) is 11.4. The molecule has 0 radical (unpaired) electrons. The summed E-state index contributed by atoms with van der Waals surface area (Å²) in [5, 5.41) is 16.8. The van der Waals surface area contributed by atoms with E-state index in [1.807, 2.05) is 74.5 Å². The molecule has 4 atom stereocenters. The number of piperidine rings is 1. The van der Waals surface area contributed by atoms with E-state index in [4.69, 9.17) is 9.47 Å². The molecule has 0 aliphatic carbocycles. The third-order valence-corrected chi connectivity index (χ3v) is 11.4. The van der Waals surface area contributed by atoms with Crippen LogP contribution in [0.4, 0.5) is 14.4 Å². The van der Waals surface area contributed by atoms with Crippen LogP contribution in [0.5, 0.6) is 0 Å². The maximum atomic E-state index is 14.4. The van der Waals surface area contributed by atoms with E-state index in [1.54, 1.807) is 58.4 Å². The smallest absolute Gasteiger partial charge is 0.408 e. The number of alkyl carbamates (subject to hydrolysis) is 2. The monoisotopic (exact) mass is 919 g/mol. The van der Waals surface area contributed by atoms with Crippen LogP contribution >= 0.6 is 0 Å². The molecule has 2 fully saturated rings. The number of urea groups is 1. The maximum absolute atomic E-state index is 14.4. The second-order valence-corrected chi connectivity index (χ2v) is 20.1. The molecule has 1 spiro atoms. The van der Waals surface area contributed by atoms with Crippen molar-refractivity contribution in [3.63, 3.8) is 0 Å². The predicted octanol–water partition coefficient (Wildman–Crippen LogP) is 4.82. The Bertz CT molecular complexity index is 1930. The van der Waals surface area contributed by atoms with Crippen LogP contribution in [0.15, 0.2) is 60.7 Å². The van der Waals surface area contributed by atoms with Gasteiger partial charge in [0.05, 0.1) is 0 Å². The number of nitrogens with one attached hydrogen (secondary N) is 6. The van der Waals surface area contributed by atoms with E-state index in [-0.39, 0.29) is 49.0 Å². The number of likely N-dealkylation sites (tertiary alicyclic amines) is 2. The van der Waals surface area contributed by atoms with Crippen LogP contribution in [0.1, 0.15) is 105 Å². The zero-order valence-electron chi connectivity index (χ0n) is 40.4. The molecule has 6 N–H and O–H groups in total. The highest BCUT2D eigenvalue weighted by Gasteiger charge is 2.48. The largest absolute Gasteiger partial charge is 0.444 e. The lowest BCUT2D eigenvalue weighted by atomic mass is 9.71. The first kappa shape index (κ1) is 52.8. The second-order valence-electron chi connectivity index (χ2n) is 20.1. The number of carbonyl (C=O) groups is 7. The van der Waals surface area contributed by atoms with Gasteiger partial charge in [-0.2, -0.15) is 0 Å². The fourth-order valence-electron chi connectivity index (χ4n) is 8.12. The average molecular weight is 919 g/mol. The second kappa shape index (κ2) is 24.1.